The predicted octanol–water partition coefficient (Wildman–Crippen LogP) is 5.37. The molecule has 1 aliphatic rings. The first kappa shape index (κ1) is 20.4. The molecule has 0 fully saturated rings. The highest BCUT2D eigenvalue weighted by molar-refractivity contribution is 6.30. The number of ether oxygens (including phenoxy) is 2. The van der Waals surface area contributed by atoms with Gasteiger partial charge in [0.2, 0.25) is 5.95 Å². The summed E-state index contributed by atoms with van der Waals surface area (Å²) in [6.07, 6.45) is 7.57. The molecule has 0 amide bonds. The van der Waals surface area contributed by atoms with Crippen molar-refractivity contribution in [2.24, 2.45) is 0 Å². The first-order chi connectivity index (χ1) is 15.0. The van der Waals surface area contributed by atoms with Gasteiger partial charge in [0.1, 0.15) is 11.5 Å². The number of aromatic carboxylic acids is 1. The van der Waals surface area contributed by atoms with Crippen molar-refractivity contribution in [2.75, 3.05) is 5.32 Å². The Morgan fingerprint density at radius 2 is 1.81 bits per heavy atom. The molecule has 0 spiro atoms. The van der Waals surface area contributed by atoms with Crippen LogP contribution in [0, 0.1) is 0 Å². The van der Waals surface area contributed by atoms with E-state index in [1.54, 1.807) is 36.4 Å². The molecular weight excluding hydrogens is 420 g/mol. The zero-order chi connectivity index (χ0) is 21.6. The second-order valence-corrected chi connectivity index (χ2v) is 6.92. The van der Waals surface area contributed by atoms with Crippen LogP contribution in [0.2, 0.25) is 5.02 Å². The first-order valence-corrected chi connectivity index (χ1v) is 9.77. The summed E-state index contributed by atoms with van der Waals surface area (Å²) < 4.78 is 11.5. The van der Waals surface area contributed by atoms with Gasteiger partial charge in [0.05, 0.1) is 5.56 Å². The number of carboxylic acids is 1. The van der Waals surface area contributed by atoms with Crippen molar-refractivity contribution in [3.63, 3.8) is 0 Å². The van der Waals surface area contributed by atoms with Crippen molar-refractivity contribution < 1.29 is 19.4 Å². The lowest BCUT2D eigenvalue weighted by Gasteiger charge is -2.12. The third kappa shape index (κ3) is 5.58. The summed E-state index contributed by atoms with van der Waals surface area (Å²) in [6, 6.07) is 13.1. The number of nitrogens with zero attached hydrogens (tertiary/aromatic N) is 3. The number of anilines is 2. The highest BCUT2D eigenvalue weighted by Crippen LogP contribution is 2.25. The highest BCUT2D eigenvalue weighted by atomic mass is 35.5. The summed E-state index contributed by atoms with van der Waals surface area (Å²) in [4.78, 5) is 24.0. The monoisotopic (exact) mass is 436 g/mol. The molecule has 8 nitrogen and oxygen atoms in total. The van der Waals surface area contributed by atoms with Gasteiger partial charge in [0, 0.05) is 10.7 Å². The van der Waals surface area contributed by atoms with E-state index in [1.807, 2.05) is 18.2 Å². The van der Waals surface area contributed by atoms with E-state index in [0.29, 0.717) is 22.2 Å². The van der Waals surface area contributed by atoms with E-state index in [0.717, 1.165) is 12.8 Å². The Balaban J connectivity index is 1.65. The van der Waals surface area contributed by atoms with E-state index in [4.69, 9.17) is 21.1 Å². The van der Waals surface area contributed by atoms with Crippen LogP contribution in [0.5, 0.6) is 17.8 Å². The molecule has 0 unspecified atom stereocenters. The number of rotatable bonds is 7. The quantitative estimate of drug-likeness (QED) is 0.509. The molecule has 4 rings (SSSR count). The van der Waals surface area contributed by atoms with Crippen molar-refractivity contribution in [3.05, 3.63) is 83.1 Å². The van der Waals surface area contributed by atoms with Crippen LogP contribution in [0.1, 0.15) is 23.2 Å². The summed E-state index contributed by atoms with van der Waals surface area (Å²) >= 11 is 6.02. The average Bonchev–Trinajstić information content (AvgIpc) is 2.74. The Morgan fingerprint density at radius 3 is 2.55 bits per heavy atom. The zero-order valence-corrected chi connectivity index (χ0v) is 16.9. The van der Waals surface area contributed by atoms with Crippen molar-refractivity contribution in [1.82, 2.24) is 15.0 Å². The Morgan fingerprint density at radius 1 is 1.00 bits per heavy atom. The molecule has 0 bridgehead atoms. The molecule has 0 atom stereocenters. The summed E-state index contributed by atoms with van der Waals surface area (Å²) in [5.41, 5.74) is 0.617. The van der Waals surface area contributed by atoms with Crippen molar-refractivity contribution >= 4 is 29.2 Å². The Hall–Kier alpha value is -3.91. The van der Waals surface area contributed by atoms with Gasteiger partial charge in [-0.3, -0.25) is 0 Å². The number of benzene rings is 2. The van der Waals surface area contributed by atoms with Gasteiger partial charge < -0.3 is 19.9 Å². The van der Waals surface area contributed by atoms with Gasteiger partial charge in [-0.1, -0.05) is 29.8 Å². The summed E-state index contributed by atoms with van der Waals surface area (Å²) in [6.45, 7) is 0. The van der Waals surface area contributed by atoms with Crippen LogP contribution in [0.15, 0.2) is 72.5 Å². The Labute approximate surface area is 182 Å². The fourth-order valence-electron chi connectivity index (χ4n) is 2.75. The molecule has 0 saturated heterocycles. The number of carboxylic acid groups (broad SMARTS) is 1. The maximum Gasteiger partial charge on any atom is 0.335 e. The molecule has 2 N–H and O–H groups in total. The minimum atomic E-state index is -1.04. The van der Waals surface area contributed by atoms with Gasteiger partial charge in [0.25, 0.3) is 0 Å². The normalized spacial score (nSPS) is 12.7. The zero-order valence-electron chi connectivity index (χ0n) is 16.2. The number of nitrogens with one attached hydrogen (secondary N) is 1. The van der Waals surface area contributed by atoms with Crippen LogP contribution in [0.25, 0.3) is 0 Å². The lowest BCUT2D eigenvalue weighted by molar-refractivity contribution is 0.0697. The summed E-state index contributed by atoms with van der Waals surface area (Å²) in [7, 11) is 0. The molecule has 0 radical (unpaired) electrons. The molecular formula is C22H17ClN4O4. The minimum Gasteiger partial charge on any atom is -0.478 e. The number of allylic oxidation sites excluding steroid dienone is 3. The van der Waals surface area contributed by atoms with E-state index in [2.05, 4.69) is 20.3 Å². The number of hydrogen-bond acceptors (Lipinski definition) is 7. The van der Waals surface area contributed by atoms with Crippen molar-refractivity contribution in [1.29, 1.82) is 0 Å². The summed E-state index contributed by atoms with van der Waals surface area (Å²) in [5.74, 6) is 0.152. The number of hydrogen-bond donors (Lipinski definition) is 2. The van der Waals surface area contributed by atoms with Gasteiger partial charge >= 0.3 is 18.0 Å². The van der Waals surface area contributed by atoms with Crippen LogP contribution >= 0.6 is 11.6 Å². The van der Waals surface area contributed by atoms with E-state index in [-0.39, 0.29) is 23.5 Å². The van der Waals surface area contributed by atoms with Gasteiger partial charge in [-0.25, -0.2) is 4.79 Å². The molecule has 1 aromatic heterocycles. The molecule has 0 aliphatic heterocycles. The molecule has 3 aromatic rings. The molecule has 2 aromatic carbocycles. The predicted molar refractivity (Wildman–Crippen MR) is 115 cm³/mol. The van der Waals surface area contributed by atoms with Crippen LogP contribution in [-0.2, 0) is 0 Å². The van der Waals surface area contributed by atoms with Crippen molar-refractivity contribution in [2.45, 2.75) is 12.8 Å². The van der Waals surface area contributed by atoms with E-state index >= 15 is 0 Å². The standard InChI is InChI=1S/C22H17ClN4O4/c23-15-7-5-11-18(13-15)31-22-26-20(24-16-8-4-6-14(12-16)19(28)29)25-21(27-22)30-17-9-2-1-3-10-17/h2,4-13H,1,3H2,(H,28,29)(H,24,25,26,27). The molecule has 0 saturated carbocycles. The van der Waals surface area contributed by atoms with Crippen LogP contribution in [0.3, 0.4) is 0 Å². The van der Waals surface area contributed by atoms with Crippen LogP contribution in [0.4, 0.5) is 11.6 Å². The topological polar surface area (TPSA) is 106 Å². The fraction of sp³-hybridized carbons (Fsp3) is 0.0909. The lowest BCUT2D eigenvalue weighted by atomic mass is 10.2. The van der Waals surface area contributed by atoms with Crippen LogP contribution < -0.4 is 14.8 Å². The first-order valence-electron chi connectivity index (χ1n) is 9.39. The number of carbonyl (C=O) groups is 1. The average molecular weight is 437 g/mol. The minimum absolute atomic E-state index is 0.00968. The summed E-state index contributed by atoms with van der Waals surface area (Å²) in [5, 5.41) is 12.7. The van der Waals surface area contributed by atoms with E-state index in [9.17, 15) is 9.90 Å². The second kappa shape index (κ2) is 9.27. The molecule has 9 heteroatoms. The highest BCUT2D eigenvalue weighted by Gasteiger charge is 2.13. The third-order valence-corrected chi connectivity index (χ3v) is 4.37. The van der Waals surface area contributed by atoms with E-state index in [1.165, 1.54) is 12.1 Å². The second-order valence-electron chi connectivity index (χ2n) is 6.48. The van der Waals surface area contributed by atoms with Gasteiger partial charge in [-0.2, -0.15) is 9.97 Å². The van der Waals surface area contributed by atoms with Crippen molar-refractivity contribution in [3.8, 4) is 17.8 Å². The fourth-order valence-corrected chi connectivity index (χ4v) is 2.93. The van der Waals surface area contributed by atoms with Gasteiger partial charge in [-0.15, -0.1) is 4.98 Å². The molecule has 31 heavy (non-hydrogen) atoms. The van der Waals surface area contributed by atoms with Gasteiger partial charge in [-0.05, 0) is 61.4 Å². The number of halogens is 1. The third-order valence-electron chi connectivity index (χ3n) is 4.14. The smallest absolute Gasteiger partial charge is 0.335 e. The molecule has 156 valence electrons. The Bertz CT molecular complexity index is 1180. The molecule has 1 aliphatic carbocycles. The number of aromatic nitrogens is 3. The van der Waals surface area contributed by atoms with Crippen LogP contribution in [-0.4, -0.2) is 26.0 Å². The lowest BCUT2D eigenvalue weighted by Crippen LogP contribution is -2.06. The largest absolute Gasteiger partial charge is 0.478 e. The maximum absolute atomic E-state index is 11.2. The maximum atomic E-state index is 11.2. The Kier molecular flexibility index (Phi) is 6.09. The van der Waals surface area contributed by atoms with Gasteiger partial charge in [0.15, 0.2) is 0 Å². The molecule has 1 heterocycles. The van der Waals surface area contributed by atoms with E-state index < -0.39 is 5.97 Å². The SMILES string of the molecule is O=C(O)c1cccc(Nc2nc(OC3=CCCC=C3)nc(Oc3cccc(Cl)c3)n2)c1.